The average Bonchev–Trinajstić information content (AvgIpc) is 2.48. The number of hydrogen-bond donors (Lipinski definition) is 2. The molecule has 7 heteroatoms. The van der Waals surface area contributed by atoms with Crippen molar-refractivity contribution in [3.05, 3.63) is 23.2 Å². The number of amides is 2. The highest BCUT2D eigenvalue weighted by molar-refractivity contribution is 6.30. The summed E-state index contributed by atoms with van der Waals surface area (Å²) in [6.07, 6.45) is -0.671. The molecule has 1 aromatic carbocycles. The van der Waals surface area contributed by atoms with Crippen molar-refractivity contribution in [2.24, 2.45) is 0 Å². The van der Waals surface area contributed by atoms with Gasteiger partial charge >= 0.3 is 6.09 Å². The summed E-state index contributed by atoms with van der Waals surface area (Å²) in [5.74, 6) is 0.0891. The highest BCUT2D eigenvalue weighted by Gasteiger charge is 2.28. The van der Waals surface area contributed by atoms with E-state index in [1.165, 1.54) is 0 Å². The second-order valence-electron chi connectivity index (χ2n) is 5.64. The van der Waals surface area contributed by atoms with Crippen LogP contribution in [-0.2, 0) is 9.53 Å². The van der Waals surface area contributed by atoms with Gasteiger partial charge in [-0.1, -0.05) is 11.6 Å². The van der Waals surface area contributed by atoms with Gasteiger partial charge in [-0.3, -0.25) is 4.79 Å². The summed E-state index contributed by atoms with van der Waals surface area (Å²) in [6.45, 7) is 5.23. The summed E-state index contributed by atoms with van der Waals surface area (Å²) in [4.78, 5) is 23.8. The first-order valence-electron chi connectivity index (χ1n) is 6.47. The summed E-state index contributed by atoms with van der Waals surface area (Å²) >= 11 is 5.88. The number of alkyl carbamates (subject to hydrolysis) is 1. The van der Waals surface area contributed by atoms with Crippen LogP contribution in [0.2, 0.25) is 5.02 Å². The molecule has 2 amide bonds. The summed E-state index contributed by atoms with van der Waals surface area (Å²) < 4.78 is 10.6. The minimum atomic E-state index is -0.842. The van der Waals surface area contributed by atoms with E-state index in [0.717, 1.165) is 0 Å². The van der Waals surface area contributed by atoms with Crippen molar-refractivity contribution >= 4 is 29.3 Å². The fraction of sp³-hybridized carbons (Fsp3) is 0.429. The first-order valence-corrected chi connectivity index (χ1v) is 6.85. The highest BCUT2D eigenvalue weighted by Crippen LogP contribution is 2.30. The van der Waals surface area contributed by atoms with Gasteiger partial charge in [0, 0.05) is 11.1 Å². The minimum absolute atomic E-state index is 0.00157. The molecule has 1 aromatic rings. The molecule has 1 atom stereocenters. The van der Waals surface area contributed by atoms with Crippen LogP contribution in [-0.4, -0.2) is 30.3 Å². The lowest BCUT2D eigenvalue weighted by Gasteiger charge is -2.22. The van der Waals surface area contributed by atoms with Crippen LogP contribution >= 0.6 is 11.6 Å². The Morgan fingerprint density at radius 2 is 2.19 bits per heavy atom. The van der Waals surface area contributed by atoms with Gasteiger partial charge in [-0.05, 0) is 32.9 Å². The number of carbonyl (C=O) groups is 2. The molecule has 0 fully saturated rings. The van der Waals surface area contributed by atoms with Gasteiger partial charge in [0.05, 0.1) is 5.69 Å². The van der Waals surface area contributed by atoms with Gasteiger partial charge in [0.2, 0.25) is 0 Å². The Bertz CT molecular complexity index is 569. The van der Waals surface area contributed by atoms with E-state index in [1.807, 2.05) is 0 Å². The normalized spacial score (nSPS) is 17.9. The molecule has 2 rings (SSSR count). The number of nitrogens with one attached hydrogen (secondary N) is 2. The maximum absolute atomic E-state index is 12.1. The number of carbonyl (C=O) groups excluding carboxylic acids is 2. The van der Waals surface area contributed by atoms with Crippen molar-refractivity contribution in [1.29, 1.82) is 0 Å². The van der Waals surface area contributed by atoms with Crippen LogP contribution in [0.1, 0.15) is 20.8 Å². The first-order chi connectivity index (χ1) is 9.74. The molecule has 1 unspecified atom stereocenters. The van der Waals surface area contributed by atoms with Crippen LogP contribution < -0.4 is 15.4 Å². The maximum Gasteiger partial charge on any atom is 0.408 e. The maximum atomic E-state index is 12.1. The minimum Gasteiger partial charge on any atom is -0.489 e. The highest BCUT2D eigenvalue weighted by atomic mass is 35.5. The number of anilines is 1. The molecule has 0 aromatic heterocycles. The van der Waals surface area contributed by atoms with E-state index in [1.54, 1.807) is 39.0 Å². The smallest absolute Gasteiger partial charge is 0.408 e. The lowest BCUT2D eigenvalue weighted by atomic mass is 10.2. The Labute approximate surface area is 127 Å². The fourth-order valence-electron chi connectivity index (χ4n) is 1.74. The van der Waals surface area contributed by atoms with Gasteiger partial charge in [-0.2, -0.15) is 0 Å². The van der Waals surface area contributed by atoms with Crippen molar-refractivity contribution in [3.8, 4) is 5.75 Å². The van der Waals surface area contributed by atoms with Crippen molar-refractivity contribution in [2.45, 2.75) is 32.4 Å². The van der Waals surface area contributed by atoms with E-state index < -0.39 is 17.7 Å². The van der Waals surface area contributed by atoms with E-state index >= 15 is 0 Å². The Morgan fingerprint density at radius 3 is 2.86 bits per heavy atom. The van der Waals surface area contributed by atoms with Crippen molar-refractivity contribution < 1.29 is 19.1 Å². The van der Waals surface area contributed by atoms with Gasteiger partial charge in [0.25, 0.3) is 5.91 Å². The second-order valence-corrected chi connectivity index (χ2v) is 6.08. The molecule has 0 aliphatic carbocycles. The molecule has 114 valence electrons. The molecule has 0 bridgehead atoms. The molecule has 1 aliphatic rings. The zero-order chi connectivity index (χ0) is 15.6. The molecular weight excluding hydrogens is 296 g/mol. The third-order valence-electron chi connectivity index (χ3n) is 2.61. The zero-order valence-electron chi connectivity index (χ0n) is 12.0. The monoisotopic (exact) mass is 312 g/mol. The third kappa shape index (κ3) is 4.26. The summed E-state index contributed by atoms with van der Waals surface area (Å²) in [6, 6.07) is 4.05. The molecule has 0 saturated heterocycles. The van der Waals surface area contributed by atoms with Crippen molar-refractivity contribution in [3.63, 3.8) is 0 Å². The molecule has 1 heterocycles. The number of fused-ring (bicyclic) bond motifs is 1. The van der Waals surface area contributed by atoms with Crippen LogP contribution in [0.4, 0.5) is 10.5 Å². The predicted molar refractivity (Wildman–Crippen MR) is 78.7 cm³/mol. The summed E-state index contributed by atoms with van der Waals surface area (Å²) in [5, 5.41) is 5.66. The van der Waals surface area contributed by atoms with Crippen LogP contribution in [0.25, 0.3) is 0 Å². The number of benzene rings is 1. The fourth-order valence-corrected chi connectivity index (χ4v) is 1.91. The van der Waals surface area contributed by atoms with Gasteiger partial charge in [0.15, 0.2) is 0 Å². The summed E-state index contributed by atoms with van der Waals surface area (Å²) in [7, 11) is 0. The SMILES string of the molecule is CC(C)(C)OC(=O)NC1COc2cc(Cl)ccc2NC1=O. The molecule has 0 saturated carbocycles. The number of ether oxygens (including phenoxy) is 2. The molecule has 2 N–H and O–H groups in total. The number of hydrogen-bond acceptors (Lipinski definition) is 4. The Morgan fingerprint density at radius 1 is 1.48 bits per heavy atom. The van der Waals surface area contributed by atoms with Gasteiger partial charge < -0.3 is 20.1 Å². The lowest BCUT2D eigenvalue weighted by Crippen LogP contribution is -2.48. The van der Waals surface area contributed by atoms with Crippen molar-refractivity contribution in [2.75, 3.05) is 11.9 Å². The Kier molecular flexibility index (Phi) is 4.27. The largest absolute Gasteiger partial charge is 0.489 e. The topological polar surface area (TPSA) is 76.7 Å². The molecule has 1 aliphatic heterocycles. The van der Waals surface area contributed by atoms with Crippen LogP contribution in [0.15, 0.2) is 18.2 Å². The van der Waals surface area contributed by atoms with Gasteiger partial charge in [-0.15, -0.1) is 0 Å². The Hall–Kier alpha value is -1.95. The van der Waals surface area contributed by atoms with Crippen LogP contribution in [0.3, 0.4) is 0 Å². The summed E-state index contributed by atoms with van der Waals surface area (Å²) in [5.41, 5.74) is -0.124. The lowest BCUT2D eigenvalue weighted by molar-refractivity contribution is -0.118. The molecular formula is C14H17ClN2O4. The average molecular weight is 313 g/mol. The van der Waals surface area contributed by atoms with Crippen LogP contribution in [0, 0.1) is 0 Å². The molecule has 6 nitrogen and oxygen atoms in total. The Balaban J connectivity index is 2.05. The van der Waals surface area contributed by atoms with Gasteiger partial charge in [-0.25, -0.2) is 4.79 Å². The van der Waals surface area contributed by atoms with E-state index in [2.05, 4.69) is 10.6 Å². The predicted octanol–water partition coefficient (Wildman–Crippen LogP) is 2.56. The first kappa shape index (κ1) is 15.4. The third-order valence-corrected chi connectivity index (χ3v) is 2.85. The van der Waals surface area contributed by atoms with E-state index in [4.69, 9.17) is 21.1 Å². The van der Waals surface area contributed by atoms with Gasteiger partial charge in [0.1, 0.15) is 24.0 Å². The molecule has 0 radical (unpaired) electrons. The zero-order valence-corrected chi connectivity index (χ0v) is 12.8. The van der Waals surface area contributed by atoms with E-state index in [0.29, 0.717) is 16.5 Å². The number of rotatable bonds is 1. The second kappa shape index (κ2) is 5.81. The van der Waals surface area contributed by atoms with Crippen LogP contribution in [0.5, 0.6) is 5.75 Å². The molecule has 21 heavy (non-hydrogen) atoms. The van der Waals surface area contributed by atoms with Crippen molar-refractivity contribution in [1.82, 2.24) is 5.32 Å². The van der Waals surface area contributed by atoms with E-state index in [9.17, 15) is 9.59 Å². The molecule has 0 spiro atoms. The quantitative estimate of drug-likeness (QED) is 0.835. The standard InChI is InChI=1S/C14H17ClN2O4/c1-14(2,3)21-13(19)17-10-7-20-11-6-8(15)4-5-9(11)16-12(10)18/h4-6,10H,7H2,1-3H3,(H,16,18)(H,17,19). The van der Waals surface area contributed by atoms with E-state index in [-0.39, 0.29) is 12.5 Å². The number of halogens is 1.